The summed E-state index contributed by atoms with van der Waals surface area (Å²) >= 11 is 0. The third-order valence-electron chi connectivity index (χ3n) is 5.33. The molecule has 3 unspecified atom stereocenters. The normalized spacial score (nSPS) is 30.0. The molecule has 0 aromatic carbocycles. The molecule has 106 valence electrons. The highest BCUT2D eigenvalue weighted by molar-refractivity contribution is 4.88. The Morgan fingerprint density at radius 3 is 2.33 bits per heavy atom. The number of rotatable bonds is 7. The Morgan fingerprint density at radius 2 is 1.78 bits per heavy atom. The second kappa shape index (κ2) is 6.91. The maximum Gasteiger partial charge on any atom is 0.00129 e. The molecule has 1 aliphatic heterocycles. The van der Waals surface area contributed by atoms with E-state index in [2.05, 4.69) is 18.7 Å². The Kier molecular flexibility index (Phi) is 5.50. The van der Waals surface area contributed by atoms with Gasteiger partial charge in [0.15, 0.2) is 0 Å². The third kappa shape index (κ3) is 3.71. The van der Waals surface area contributed by atoms with Crippen LogP contribution in [0.1, 0.15) is 52.4 Å². The van der Waals surface area contributed by atoms with Gasteiger partial charge in [0.05, 0.1) is 0 Å². The van der Waals surface area contributed by atoms with Crippen LogP contribution in [0, 0.1) is 23.7 Å². The minimum absolute atomic E-state index is 0.798. The molecular weight excluding hydrogens is 220 g/mol. The fraction of sp³-hybridized carbons (Fsp3) is 1.00. The first kappa shape index (κ1) is 14.3. The zero-order valence-corrected chi connectivity index (χ0v) is 12.4. The molecule has 2 heteroatoms. The van der Waals surface area contributed by atoms with Crippen molar-refractivity contribution in [3.8, 4) is 0 Å². The van der Waals surface area contributed by atoms with E-state index in [1.165, 1.54) is 58.2 Å². The van der Waals surface area contributed by atoms with E-state index in [9.17, 15) is 0 Å². The average molecular weight is 252 g/mol. The Bertz CT molecular complexity index is 227. The molecule has 0 amide bonds. The van der Waals surface area contributed by atoms with Gasteiger partial charge < -0.3 is 10.6 Å². The van der Waals surface area contributed by atoms with Crippen LogP contribution in [0.2, 0.25) is 0 Å². The molecule has 2 aliphatic rings. The largest absolute Gasteiger partial charge is 0.330 e. The molecule has 3 atom stereocenters. The summed E-state index contributed by atoms with van der Waals surface area (Å²) in [6, 6.07) is 0. The van der Waals surface area contributed by atoms with Gasteiger partial charge in [-0.15, -0.1) is 0 Å². The summed E-state index contributed by atoms with van der Waals surface area (Å²) in [6.07, 6.45) is 8.47. The summed E-state index contributed by atoms with van der Waals surface area (Å²) in [5.41, 5.74) is 5.71. The van der Waals surface area contributed by atoms with Crippen LogP contribution in [-0.2, 0) is 0 Å². The van der Waals surface area contributed by atoms with Crippen LogP contribution in [0.5, 0.6) is 0 Å². The molecular formula is C16H32N2. The highest BCUT2D eigenvalue weighted by atomic mass is 15.2. The molecule has 0 bridgehead atoms. The van der Waals surface area contributed by atoms with Crippen molar-refractivity contribution < 1.29 is 0 Å². The van der Waals surface area contributed by atoms with Crippen molar-refractivity contribution in [3.05, 3.63) is 0 Å². The van der Waals surface area contributed by atoms with Crippen LogP contribution < -0.4 is 5.73 Å². The average Bonchev–Trinajstić information content (AvgIpc) is 2.88. The van der Waals surface area contributed by atoms with Gasteiger partial charge in [-0.05, 0) is 68.9 Å². The lowest BCUT2D eigenvalue weighted by atomic mass is 9.88. The van der Waals surface area contributed by atoms with Crippen molar-refractivity contribution in [3.63, 3.8) is 0 Å². The maximum atomic E-state index is 5.71. The fourth-order valence-corrected chi connectivity index (χ4v) is 4.12. The number of hydrogen-bond donors (Lipinski definition) is 1. The SMILES string of the molecule is CC(C)C(CCN)CCCN1CC2CCCC2C1. The van der Waals surface area contributed by atoms with Crippen LogP contribution in [0.4, 0.5) is 0 Å². The molecule has 1 aliphatic carbocycles. The summed E-state index contributed by atoms with van der Waals surface area (Å²) in [5.74, 6) is 3.74. The zero-order valence-electron chi connectivity index (χ0n) is 12.4. The predicted molar refractivity (Wildman–Crippen MR) is 78.5 cm³/mol. The van der Waals surface area contributed by atoms with E-state index in [0.29, 0.717) is 0 Å². The van der Waals surface area contributed by atoms with Crippen molar-refractivity contribution in [2.24, 2.45) is 29.4 Å². The van der Waals surface area contributed by atoms with E-state index in [1.54, 1.807) is 0 Å². The number of likely N-dealkylation sites (tertiary alicyclic amines) is 1. The molecule has 0 aromatic rings. The Labute approximate surface area is 113 Å². The smallest absolute Gasteiger partial charge is 0.00129 e. The van der Waals surface area contributed by atoms with Gasteiger partial charge in [0.1, 0.15) is 0 Å². The highest BCUT2D eigenvalue weighted by Crippen LogP contribution is 2.37. The van der Waals surface area contributed by atoms with Gasteiger partial charge in [0.25, 0.3) is 0 Å². The summed E-state index contributed by atoms with van der Waals surface area (Å²) in [6.45, 7) is 9.68. The molecule has 2 fully saturated rings. The minimum Gasteiger partial charge on any atom is -0.330 e. The quantitative estimate of drug-likeness (QED) is 0.754. The van der Waals surface area contributed by atoms with E-state index in [1.807, 2.05) is 0 Å². The van der Waals surface area contributed by atoms with Gasteiger partial charge in [-0.2, -0.15) is 0 Å². The first-order valence-electron chi connectivity index (χ1n) is 8.13. The van der Waals surface area contributed by atoms with Crippen LogP contribution in [-0.4, -0.2) is 31.1 Å². The van der Waals surface area contributed by atoms with Crippen molar-refractivity contribution in [2.75, 3.05) is 26.2 Å². The molecule has 18 heavy (non-hydrogen) atoms. The van der Waals surface area contributed by atoms with Crippen molar-refractivity contribution in [1.29, 1.82) is 0 Å². The lowest BCUT2D eigenvalue weighted by Gasteiger charge is -2.22. The van der Waals surface area contributed by atoms with Crippen LogP contribution in [0.15, 0.2) is 0 Å². The van der Waals surface area contributed by atoms with Crippen molar-refractivity contribution in [2.45, 2.75) is 52.4 Å². The van der Waals surface area contributed by atoms with E-state index in [-0.39, 0.29) is 0 Å². The third-order valence-corrected chi connectivity index (χ3v) is 5.33. The lowest BCUT2D eigenvalue weighted by molar-refractivity contribution is 0.271. The summed E-state index contributed by atoms with van der Waals surface area (Å²) in [7, 11) is 0. The monoisotopic (exact) mass is 252 g/mol. The van der Waals surface area contributed by atoms with Gasteiger partial charge in [-0.3, -0.25) is 0 Å². The highest BCUT2D eigenvalue weighted by Gasteiger charge is 2.35. The zero-order chi connectivity index (χ0) is 13.0. The first-order chi connectivity index (χ1) is 8.70. The molecule has 2 N–H and O–H groups in total. The van der Waals surface area contributed by atoms with Gasteiger partial charge in [0.2, 0.25) is 0 Å². The minimum atomic E-state index is 0.798. The fourth-order valence-electron chi connectivity index (χ4n) is 4.12. The number of nitrogens with two attached hydrogens (primary N) is 1. The van der Waals surface area contributed by atoms with Gasteiger partial charge >= 0.3 is 0 Å². The maximum absolute atomic E-state index is 5.71. The molecule has 0 aromatic heterocycles. The second-order valence-corrected chi connectivity index (χ2v) is 6.93. The summed E-state index contributed by atoms with van der Waals surface area (Å²) in [5, 5.41) is 0. The molecule has 1 saturated heterocycles. The number of fused-ring (bicyclic) bond motifs is 1. The van der Waals surface area contributed by atoms with Crippen molar-refractivity contribution >= 4 is 0 Å². The molecule has 0 spiro atoms. The number of nitrogens with zero attached hydrogens (tertiary/aromatic N) is 1. The van der Waals surface area contributed by atoms with E-state index < -0.39 is 0 Å². The standard InChI is InChI=1S/C16H32N2/c1-13(2)14(8-9-17)7-4-10-18-11-15-5-3-6-16(15)12-18/h13-16H,3-12,17H2,1-2H3. The Morgan fingerprint density at radius 1 is 1.11 bits per heavy atom. The Hall–Kier alpha value is -0.0800. The van der Waals surface area contributed by atoms with Crippen LogP contribution in [0.25, 0.3) is 0 Å². The topological polar surface area (TPSA) is 29.3 Å². The van der Waals surface area contributed by atoms with Crippen molar-refractivity contribution in [1.82, 2.24) is 4.90 Å². The predicted octanol–water partition coefficient (Wildman–Crippen LogP) is 3.12. The van der Waals surface area contributed by atoms with E-state index in [4.69, 9.17) is 5.73 Å². The van der Waals surface area contributed by atoms with Crippen LogP contribution >= 0.6 is 0 Å². The lowest BCUT2D eigenvalue weighted by Crippen LogP contribution is -2.24. The van der Waals surface area contributed by atoms with Gasteiger partial charge in [0, 0.05) is 13.1 Å². The first-order valence-corrected chi connectivity index (χ1v) is 8.13. The van der Waals surface area contributed by atoms with Gasteiger partial charge in [-0.25, -0.2) is 0 Å². The molecule has 0 radical (unpaired) electrons. The Balaban J connectivity index is 1.63. The molecule has 2 rings (SSSR count). The second-order valence-electron chi connectivity index (χ2n) is 6.93. The van der Waals surface area contributed by atoms with Crippen LogP contribution in [0.3, 0.4) is 0 Å². The molecule has 1 saturated carbocycles. The summed E-state index contributed by atoms with van der Waals surface area (Å²) < 4.78 is 0. The summed E-state index contributed by atoms with van der Waals surface area (Å²) in [4.78, 5) is 2.73. The van der Waals surface area contributed by atoms with Gasteiger partial charge in [-0.1, -0.05) is 20.3 Å². The van der Waals surface area contributed by atoms with E-state index >= 15 is 0 Å². The molecule has 1 heterocycles. The van der Waals surface area contributed by atoms with E-state index in [0.717, 1.165) is 30.2 Å². The number of hydrogen-bond acceptors (Lipinski definition) is 2. The molecule has 2 nitrogen and oxygen atoms in total.